The molecule has 9 heteroatoms. The van der Waals surface area contributed by atoms with Gasteiger partial charge < -0.3 is 19.9 Å². The van der Waals surface area contributed by atoms with Crippen LogP contribution in [0.5, 0.6) is 5.75 Å². The van der Waals surface area contributed by atoms with E-state index in [1.54, 1.807) is 26.2 Å². The number of ether oxygens (including phenoxy) is 1. The van der Waals surface area contributed by atoms with Crippen LogP contribution < -0.4 is 15.0 Å². The molecule has 1 fully saturated rings. The van der Waals surface area contributed by atoms with Crippen molar-refractivity contribution in [1.29, 1.82) is 10.5 Å². The van der Waals surface area contributed by atoms with Gasteiger partial charge in [0.2, 0.25) is 0 Å². The lowest BCUT2D eigenvalue weighted by Crippen LogP contribution is -2.48. The van der Waals surface area contributed by atoms with Crippen LogP contribution in [0, 0.1) is 36.5 Å². The number of carbonyl (C=O) groups excluding carboxylic acids is 1. The Hall–Kier alpha value is -4.47. The molecule has 1 aliphatic heterocycles. The minimum atomic E-state index is -0.146. The fraction of sp³-hybridized carbons (Fsp3) is 0.406. The van der Waals surface area contributed by atoms with Gasteiger partial charge in [-0.1, -0.05) is 6.07 Å². The second kappa shape index (κ2) is 13.7. The van der Waals surface area contributed by atoms with Crippen LogP contribution >= 0.6 is 0 Å². The summed E-state index contributed by atoms with van der Waals surface area (Å²) in [5, 5.41) is 21.5. The minimum Gasteiger partial charge on any atom is -0.497 e. The lowest BCUT2D eigenvalue weighted by molar-refractivity contribution is 0.0943. The Morgan fingerprint density at radius 2 is 1.80 bits per heavy atom. The topological polar surface area (TPSA) is 118 Å². The Morgan fingerprint density at radius 1 is 1.10 bits per heavy atom. The molecular formula is C32H37N7O2. The van der Waals surface area contributed by atoms with E-state index in [1.807, 2.05) is 37.3 Å². The summed E-state index contributed by atoms with van der Waals surface area (Å²) >= 11 is 0. The smallest absolute Gasteiger partial charge is 0.253 e. The highest BCUT2D eigenvalue weighted by atomic mass is 16.5. The summed E-state index contributed by atoms with van der Waals surface area (Å²) < 4.78 is 5.36. The summed E-state index contributed by atoms with van der Waals surface area (Å²) in [7, 11) is 1.67. The Bertz CT molecular complexity index is 1410. The van der Waals surface area contributed by atoms with Crippen LogP contribution in [0.2, 0.25) is 0 Å². The highest BCUT2D eigenvalue weighted by molar-refractivity contribution is 5.96. The molecule has 4 rings (SSSR count). The number of hydrogen-bond donors (Lipinski definition) is 1. The van der Waals surface area contributed by atoms with Gasteiger partial charge in [0.1, 0.15) is 29.3 Å². The van der Waals surface area contributed by atoms with E-state index < -0.39 is 0 Å². The van der Waals surface area contributed by atoms with Crippen molar-refractivity contribution < 1.29 is 9.53 Å². The van der Waals surface area contributed by atoms with Crippen molar-refractivity contribution >= 4 is 11.6 Å². The predicted octanol–water partition coefficient (Wildman–Crippen LogP) is 4.53. The first-order chi connectivity index (χ1) is 19.8. The fourth-order valence-electron chi connectivity index (χ4n) is 5.55. The van der Waals surface area contributed by atoms with Crippen molar-refractivity contribution in [2.45, 2.75) is 58.7 Å². The lowest BCUT2D eigenvalue weighted by Gasteiger charge is -2.41. The molecule has 3 aromatic rings. The molecule has 212 valence electrons. The third kappa shape index (κ3) is 7.39. The number of pyridine rings is 2. The van der Waals surface area contributed by atoms with Crippen molar-refractivity contribution in [3.63, 3.8) is 0 Å². The van der Waals surface area contributed by atoms with Crippen molar-refractivity contribution in [3.8, 4) is 17.9 Å². The standard InChI is InChI=1S/C32H37N7O2/c1-22-18-27(20-34)36-24(3)31(22)32(40)35-15-12-23(2)38-16-13-29(14-17-38)39(28-8-10-30(41-4)11-9-28)21-26-7-5-6-25(19-33)37-26/h5-11,18,23,29H,12-17,21H2,1-4H3,(H,35,40)/t23-/m1/s1. The van der Waals surface area contributed by atoms with E-state index >= 15 is 0 Å². The van der Waals surface area contributed by atoms with Gasteiger partial charge in [0.25, 0.3) is 5.91 Å². The number of aryl methyl sites for hydroxylation is 2. The number of carbonyl (C=O) groups is 1. The van der Waals surface area contributed by atoms with Gasteiger partial charge in [-0.3, -0.25) is 4.79 Å². The second-order valence-corrected chi connectivity index (χ2v) is 10.5. The average Bonchev–Trinajstić information content (AvgIpc) is 2.99. The molecule has 0 bridgehead atoms. The van der Waals surface area contributed by atoms with E-state index in [9.17, 15) is 10.1 Å². The first kappa shape index (κ1) is 29.5. The Kier molecular flexibility index (Phi) is 9.89. The van der Waals surface area contributed by atoms with Crippen molar-refractivity contribution in [3.05, 3.63) is 82.4 Å². The fourth-order valence-corrected chi connectivity index (χ4v) is 5.55. The Morgan fingerprint density at radius 3 is 2.44 bits per heavy atom. The highest BCUT2D eigenvalue weighted by Gasteiger charge is 2.28. The number of nitrogens with one attached hydrogen (secondary N) is 1. The van der Waals surface area contributed by atoms with Crippen molar-refractivity contribution in [2.75, 3.05) is 31.6 Å². The molecule has 0 aliphatic carbocycles. The van der Waals surface area contributed by atoms with E-state index in [1.165, 1.54) is 0 Å². The average molecular weight is 552 g/mol. The number of likely N-dealkylation sites (tertiary alicyclic amines) is 1. The van der Waals surface area contributed by atoms with E-state index in [-0.39, 0.29) is 5.91 Å². The molecule has 0 unspecified atom stereocenters. The molecule has 0 radical (unpaired) electrons. The lowest BCUT2D eigenvalue weighted by atomic mass is 9.99. The van der Waals surface area contributed by atoms with Gasteiger partial charge in [-0.2, -0.15) is 10.5 Å². The second-order valence-electron chi connectivity index (χ2n) is 10.5. The molecule has 9 nitrogen and oxygen atoms in total. The molecule has 41 heavy (non-hydrogen) atoms. The van der Waals surface area contributed by atoms with Crippen LogP contribution in [0.1, 0.15) is 64.9 Å². The predicted molar refractivity (Wildman–Crippen MR) is 158 cm³/mol. The number of benzene rings is 1. The van der Waals surface area contributed by atoms with Crippen LogP contribution in [0.25, 0.3) is 0 Å². The number of anilines is 1. The van der Waals surface area contributed by atoms with Crippen molar-refractivity contribution in [1.82, 2.24) is 20.2 Å². The van der Waals surface area contributed by atoms with Crippen LogP contribution in [-0.4, -0.2) is 59.6 Å². The third-order valence-electron chi connectivity index (χ3n) is 7.81. The summed E-state index contributed by atoms with van der Waals surface area (Å²) in [6, 6.07) is 20.2. The number of rotatable bonds is 10. The molecule has 1 amide bonds. The Labute approximate surface area is 242 Å². The Balaban J connectivity index is 1.35. The van der Waals surface area contributed by atoms with Gasteiger partial charge in [0, 0.05) is 37.4 Å². The number of nitrogens with zero attached hydrogens (tertiary/aromatic N) is 6. The maximum atomic E-state index is 12.8. The zero-order chi connectivity index (χ0) is 29.4. The molecule has 1 aromatic carbocycles. The van der Waals surface area contributed by atoms with Crippen LogP contribution in [0.4, 0.5) is 5.69 Å². The summed E-state index contributed by atoms with van der Waals surface area (Å²) in [5.41, 5.74) is 4.61. The molecule has 1 atom stereocenters. The van der Waals surface area contributed by atoms with Crippen molar-refractivity contribution in [2.24, 2.45) is 0 Å². The summed E-state index contributed by atoms with van der Waals surface area (Å²) in [5.74, 6) is 0.668. The summed E-state index contributed by atoms with van der Waals surface area (Å²) in [6.07, 6.45) is 2.83. The van der Waals surface area contributed by atoms with Gasteiger partial charge in [-0.05, 0) is 88.1 Å². The zero-order valence-corrected chi connectivity index (χ0v) is 24.2. The van der Waals surface area contributed by atoms with E-state index in [2.05, 4.69) is 50.2 Å². The number of aromatic nitrogens is 2. The first-order valence-corrected chi connectivity index (χ1v) is 14.0. The van der Waals surface area contributed by atoms with Crippen LogP contribution in [0.3, 0.4) is 0 Å². The molecule has 3 heterocycles. The zero-order valence-electron chi connectivity index (χ0n) is 24.2. The number of methoxy groups -OCH3 is 1. The molecule has 1 N–H and O–H groups in total. The summed E-state index contributed by atoms with van der Waals surface area (Å²) in [4.78, 5) is 26.5. The van der Waals surface area contributed by atoms with E-state index in [0.29, 0.717) is 47.8 Å². The maximum absolute atomic E-state index is 12.8. The van der Waals surface area contributed by atoms with E-state index in [4.69, 9.17) is 10.00 Å². The third-order valence-corrected chi connectivity index (χ3v) is 7.81. The summed E-state index contributed by atoms with van der Waals surface area (Å²) in [6.45, 7) is 8.91. The minimum absolute atomic E-state index is 0.146. The molecule has 1 aliphatic rings. The largest absolute Gasteiger partial charge is 0.497 e. The maximum Gasteiger partial charge on any atom is 0.253 e. The molecular weight excluding hydrogens is 514 g/mol. The van der Waals surface area contributed by atoms with Gasteiger partial charge in [0.05, 0.1) is 30.6 Å². The van der Waals surface area contributed by atoms with Gasteiger partial charge in [-0.15, -0.1) is 0 Å². The van der Waals surface area contributed by atoms with Gasteiger partial charge in [0.15, 0.2) is 0 Å². The highest BCUT2D eigenvalue weighted by Crippen LogP contribution is 2.28. The van der Waals surface area contributed by atoms with Gasteiger partial charge in [-0.25, -0.2) is 9.97 Å². The number of piperidine rings is 1. The van der Waals surface area contributed by atoms with Gasteiger partial charge >= 0.3 is 0 Å². The molecule has 2 aromatic heterocycles. The van der Waals surface area contributed by atoms with Crippen LogP contribution in [-0.2, 0) is 6.54 Å². The molecule has 0 spiro atoms. The monoisotopic (exact) mass is 551 g/mol. The van der Waals surface area contributed by atoms with Crippen LogP contribution in [0.15, 0.2) is 48.5 Å². The number of hydrogen-bond acceptors (Lipinski definition) is 8. The molecule has 1 saturated heterocycles. The number of nitriles is 2. The number of amides is 1. The quantitative estimate of drug-likeness (QED) is 0.391. The molecule has 0 saturated carbocycles. The SMILES string of the molecule is COc1ccc(N(Cc2cccc(C#N)n2)C2CCN([C@H](C)CCNC(=O)c3c(C)cc(C#N)nc3C)CC2)cc1. The van der Waals surface area contributed by atoms with E-state index in [0.717, 1.165) is 55.0 Å². The normalized spacial score (nSPS) is 14.5. The first-order valence-electron chi connectivity index (χ1n) is 14.0.